The molecule has 0 fully saturated rings. The van der Waals surface area contributed by atoms with Crippen molar-refractivity contribution in [1.82, 2.24) is 29.8 Å². The lowest BCUT2D eigenvalue weighted by Gasteiger charge is -2.25. The third-order valence-electron chi connectivity index (χ3n) is 5.08. The summed E-state index contributed by atoms with van der Waals surface area (Å²) in [5.74, 6) is 0.708. The number of amides is 1. The number of nitrogens with zero attached hydrogens (tertiary/aromatic N) is 7. The largest absolute Gasteiger partial charge is 0.473 e. The van der Waals surface area contributed by atoms with Crippen molar-refractivity contribution in [3.8, 4) is 23.1 Å². The van der Waals surface area contributed by atoms with Crippen LogP contribution in [-0.4, -0.2) is 83.2 Å². The lowest BCUT2D eigenvalue weighted by atomic mass is 10.2. The molecule has 3 aromatic heterocycles. The monoisotopic (exact) mass is 541 g/mol. The Morgan fingerprint density at radius 2 is 1.82 bits per heavy atom. The van der Waals surface area contributed by atoms with Crippen molar-refractivity contribution < 1.29 is 14.3 Å². The summed E-state index contributed by atoms with van der Waals surface area (Å²) in [6.45, 7) is 8.79. The number of carbonyl (C=O) groups excluding carboxylic acids is 1. The summed E-state index contributed by atoms with van der Waals surface area (Å²) >= 11 is 6.37. The molecule has 3 aromatic rings. The highest BCUT2D eigenvalue weighted by Gasteiger charge is 2.20. The van der Waals surface area contributed by atoms with Gasteiger partial charge < -0.3 is 29.9 Å². The van der Waals surface area contributed by atoms with Crippen LogP contribution in [0.1, 0.15) is 13.8 Å². The highest BCUT2D eigenvalue weighted by atomic mass is 35.5. The molecule has 13 heteroatoms. The van der Waals surface area contributed by atoms with Gasteiger partial charge >= 0.3 is 6.01 Å². The third kappa shape index (κ3) is 7.49. The Hall–Kier alpha value is -4.03. The lowest BCUT2D eigenvalue weighted by Crippen LogP contribution is -2.30. The Morgan fingerprint density at radius 3 is 2.42 bits per heavy atom. The highest BCUT2D eigenvalue weighted by Crippen LogP contribution is 2.36. The molecule has 1 amide bonds. The van der Waals surface area contributed by atoms with E-state index in [-0.39, 0.29) is 24.0 Å². The van der Waals surface area contributed by atoms with Crippen molar-refractivity contribution in [2.75, 3.05) is 56.9 Å². The van der Waals surface area contributed by atoms with Gasteiger partial charge in [0.1, 0.15) is 5.69 Å². The first-order valence-corrected chi connectivity index (χ1v) is 12.2. The van der Waals surface area contributed by atoms with Crippen LogP contribution in [0.3, 0.4) is 0 Å². The van der Waals surface area contributed by atoms with Crippen LogP contribution in [-0.2, 0) is 4.79 Å². The minimum atomic E-state index is -0.373. The van der Waals surface area contributed by atoms with Gasteiger partial charge in [0.15, 0.2) is 5.82 Å². The number of rotatable bonds is 12. The molecule has 3 rings (SSSR count). The number of hydrogen-bond donors (Lipinski definition) is 2. The minimum absolute atomic E-state index is 0.172. The van der Waals surface area contributed by atoms with Crippen molar-refractivity contribution in [2.24, 2.45) is 0 Å². The van der Waals surface area contributed by atoms with Gasteiger partial charge in [-0.25, -0.2) is 19.9 Å². The van der Waals surface area contributed by atoms with E-state index in [1.807, 2.05) is 39.9 Å². The van der Waals surface area contributed by atoms with Crippen LogP contribution in [0.25, 0.3) is 11.3 Å². The Kier molecular flexibility index (Phi) is 9.74. The smallest absolute Gasteiger partial charge is 0.316 e. The number of anilines is 4. The third-order valence-corrected chi connectivity index (χ3v) is 5.35. The number of halogens is 1. The van der Waals surface area contributed by atoms with Crippen LogP contribution in [0.2, 0.25) is 5.02 Å². The molecule has 0 aliphatic carbocycles. The number of pyridine rings is 1. The van der Waals surface area contributed by atoms with Crippen molar-refractivity contribution in [2.45, 2.75) is 20.0 Å². The molecule has 202 valence electrons. The number of likely N-dealkylation sites (N-methyl/N-ethyl adjacent to an activating group) is 2. The number of nitrogens with one attached hydrogen (secondary N) is 2. The Balaban J connectivity index is 2.05. The van der Waals surface area contributed by atoms with Crippen LogP contribution in [0.4, 0.5) is 23.1 Å². The zero-order chi connectivity index (χ0) is 27.8. The molecule has 3 heterocycles. The average Bonchev–Trinajstić information content (AvgIpc) is 2.89. The maximum Gasteiger partial charge on any atom is 0.316 e. The first-order valence-electron chi connectivity index (χ1n) is 11.8. The van der Waals surface area contributed by atoms with Crippen LogP contribution < -0.4 is 25.0 Å². The molecule has 0 saturated carbocycles. The van der Waals surface area contributed by atoms with Crippen LogP contribution in [0.5, 0.6) is 11.9 Å². The van der Waals surface area contributed by atoms with E-state index < -0.39 is 0 Å². The summed E-state index contributed by atoms with van der Waals surface area (Å²) in [7, 11) is 7.35. The van der Waals surface area contributed by atoms with Crippen LogP contribution in [0.15, 0.2) is 37.3 Å². The van der Waals surface area contributed by atoms with E-state index in [9.17, 15) is 4.79 Å². The molecule has 0 bridgehead atoms. The van der Waals surface area contributed by atoms with Gasteiger partial charge in [0, 0.05) is 38.1 Å². The molecule has 0 aliphatic rings. The summed E-state index contributed by atoms with van der Waals surface area (Å²) in [6, 6.07) is 1.95. The normalized spacial score (nSPS) is 10.9. The molecule has 12 nitrogen and oxygen atoms in total. The molecule has 0 spiro atoms. The zero-order valence-corrected chi connectivity index (χ0v) is 23.1. The van der Waals surface area contributed by atoms with Gasteiger partial charge in [-0.15, -0.1) is 0 Å². The Bertz CT molecular complexity index is 1270. The van der Waals surface area contributed by atoms with Gasteiger partial charge in [-0.2, -0.15) is 4.98 Å². The summed E-state index contributed by atoms with van der Waals surface area (Å²) in [5, 5.41) is 6.30. The molecule has 0 aromatic carbocycles. The number of ether oxygens (including phenoxy) is 2. The van der Waals surface area contributed by atoms with Gasteiger partial charge in [0.25, 0.3) is 0 Å². The van der Waals surface area contributed by atoms with Crippen molar-refractivity contribution >= 4 is 40.6 Å². The van der Waals surface area contributed by atoms with E-state index in [0.717, 1.165) is 6.54 Å². The van der Waals surface area contributed by atoms with Gasteiger partial charge in [0.2, 0.25) is 17.7 Å². The number of aromatic nitrogens is 5. The quantitative estimate of drug-likeness (QED) is 0.326. The first-order chi connectivity index (χ1) is 18.1. The van der Waals surface area contributed by atoms with Crippen molar-refractivity contribution in [3.05, 3.63) is 42.3 Å². The van der Waals surface area contributed by atoms with Gasteiger partial charge in [-0.3, -0.25) is 4.79 Å². The Morgan fingerprint density at radius 1 is 1.11 bits per heavy atom. The standard InChI is InChI=1S/C25H32ClN9O3/c1-8-20(36)30-18-11-19(23(38-15(2)3)33-22(18)35(6)10-9-34(4)5)31-24-27-14-17(26)21(32-24)16-12-28-25(37-7)29-13-16/h8,11-15H,1,9-10H2,2-7H3,(H,30,36)(H,27,31,32). The maximum absolute atomic E-state index is 12.2. The van der Waals surface area contributed by atoms with Gasteiger partial charge in [-0.1, -0.05) is 18.2 Å². The van der Waals surface area contributed by atoms with E-state index >= 15 is 0 Å². The molecule has 0 atom stereocenters. The predicted molar refractivity (Wildman–Crippen MR) is 149 cm³/mol. The minimum Gasteiger partial charge on any atom is -0.473 e. The van der Waals surface area contributed by atoms with Crippen LogP contribution >= 0.6 is 11.6 Å². The second-order valence-electron chi connectivity index (χ2n) is 8.77. The molecular weight excluding hydrogens is 510 g/mol. The summed E-state index contributed by atoms with van der Waals surface area (Å²) in [6.07, 6.45) is 5.60. The van der Waals surface area contributed by atoms with Crippen molar-refractivity contribution in [3.63, 3.8) is 0 Å². The molecule has 2 N–H and O–H groups in total. The molecular formula is C25H32ClN9O3. The number of carbonyl (C=O) groups is 1. The van der Waals surface area contributed by atoms with E-state index in [1.165, 1.54) is 19.4 Å². The molecule has 0 saturated heterocycles. The fourth-order valence-corrected chi connectivity index (χ4v) is 3.41. The topological polar surface area (TPSA) is 131 Å². The molecule has 0 radical (unpaired) electrons. The van der Waals surface area contributed by atoms with E-state index in [4.69, 9.17) is 26.1 Å². The second-order valence-corrected chi connectivity index (χ2v) is 9.18. The SMILES string of the molecule is C=CC(=O)Nc1cc(Nc2ncc(Cl)c(-c3cnc(OC)nc3)n2)c(OC(C)C)nc1N(C)CCN(C)C. The van der Waals surface area contributed by atoms with Crippen LogP contribution in [0, 0.1) is 0 Å². The van der Waals surface area contributed by atoms with E-state index in [1.54, 1.807) is 18.5 Å². The summed E-state index contributed by atoms with van der Waals surface area (Å²) < 4.78 is 11.0. The number of hydrogen-bond acceptors (Lipinski definition) is 11. The molecule has 38 heavy (non-hydrogen) atoms. The average molecular weight is 542 g/mol. The van der Waals surface area contributed by atoms with Crippen molar-refractivity contribution in [1.29, 1.82) is 0 Å². The Labute approximate surface area is 227 Å². The predicted octanol–water partition coefficient (Wildman–Crippen LogP) is 3.64. The van der Waals surface area contributed by atoms with Gasteiger partial charge in [-0.05, 0) is 40.1 Å². The second kappa shape index (κ2) is 13.0. The lowest BCUT2D eigenvalue weighted by molar-refractivity contribution is -0.111. The molecule has 0 aliphatic heterocycles. The van der Waals surface area contributed by atoms with E-state index in [2.05, 4.69) is 42.0 Å². The van der Waals surface area contributed by atoms with Gasteiger partial charge in [0.05, 0.1) is 35.8 Å². The summed E-state index contributed by atoms with van der Waals surface area (Å²) in [5.41, 5.74) is 1.91. The maximum atomic E-state index is 12.2. The highest BCUT2D eigenvalue weighted by molar-refractivity contribution is 6.32. The first kappa shape index (κ1) is 28.5. The van der Waals surface area contributed by atoms with E-state index in [0.29, 0.717) is 45.9 Å². The fraction of sp³-hybridized carbons (Fsp3) is 0.360. The molecule has 0 unspecified atom stereocenters. The number of methoxy groups -OCH3 is 1. The zero-order valence-electron chi connectivity index (χ0n) is 22.3. The summed E-state index contributed by atoms with van der Waals surface area (Å²) in [4.78, 5) is 38.1. The fourth-order valence-electron chi connectivity index (χ4n) is 3.21.